The summed E-state index contributed by atoms with van der Waals surface area (Å²) in [6.07, 6.45) is 0. The first-order valence-electron chi connectivity index (χ1n) is 19.2. The highest BCUT2D eigenvalue weighted by Crippen LogP contribution is 2.42. The average Bonchev–Trinajstić information content (AvgIpc) is 3.62. The minimum Gasteiger partial charge on any atom is -0.310 e. The number of fused-ring (bicyclic) bond motifs is 3. The number of hydrogen-bond donors (Lipinski definition) is 0. The quantitative estimate of drug-likeness (QED) is 0.152. The summed E-state index contributed by atoms with van der Waals surface area (Å²) >= 11 is 0. The van der Waals surface area contributed by atoms with Crippen molar-refractivity contribution >= 4 is 38.9 Å². The third-order valence-electron chi connectivity index (χ3n) is 10.8. The number of benzene rings is 9. The molecule has 0 atom stereocenters. The fourth-order valence-corrected chi connectivity index (χ4v) is 8.11. The average molecular weight is 715 g/mol. The van der Waals surface area contributed by atoms with Crippen LogP contribution in [0.5, 0.6) is 0 Å². The van der Waals surface area contributed by atoms with Crippen LogP contribution < -0.4 is 4.90 Å². The molecule has 264 valence electrons. The third-order valence-corrected chi connectivity index (χ3v) is 10.8. The normalized spacial score (nSPS) is 11.2. The Labute approximate surface area is 327 Å². The first-order valence-corrected chi connectivity index (χ1v) is 19.2. The van der Waals surface area contributed by atoms with E-state index in [1.165, 1.54) is 60.8 Å². The van der Waals surface area contributed by atoms with Crippen molar-refractivity contribution in [2.45, 2.75) is 0 Å². The summed E-state index contributed by atoms with van der Waals surface area (Å²) in [7, 11) is 0. The standard InChI is InChI=1S/C54H38N2/c1-4-15-39(16-5-1)41-27-31-45(32-28-41)55(46-33-29-42(30-34-46)40-17-6-2-7-18-40)48-35-36-49(43-19-8-3-9-20-43)52(38-48)44-21-14-22-47(37-44)56-53-25-12-10-23-50(53)51-24-11-13-26-54(51)56/h1-38H. The summed E-state index contributed by atoms with van der Waals surface area (Å²) in [4.78, 5) is 2.37. The Bertz CT molecular complexity index is 2790. The van der Waals surface area contributed by atoms with Crippen LogP contribution in [-0.4, -0.2) is 4.57 Å². The van der Waals surface area contributed by atoms with Crippen LogP contribution in [0.25, 0.3) is 72.0 Å². The molecule has 2 heteroatoms. The lowest BCUT2D eigenvalue weighted by Crippen LogP contribution is -2.10. The molecule has 2 nitrogen and oxygen atoms in total. The van der Waals surface area contributed by atoms with Gasteiger partial charge in [-0.15, -0.1) is 0 Å². The Kier molecular flexibility index (Phi) is 8.55. The topological polar surface area (TPSA) is 8.17 Å². The molecule has 56 heavy (non-hydrogen) atoms. The highest BCUT2D eigenvalue weighted by atomic mass is 15.1. The Morgan fingerprint density at radius 1 is 0.268 bits per heavy atom. The van der Waals surface area contributed by atoms with Crippen LogP contribution in [0.4, 0.5) is 17.1 Å². The van der Waals surface area contributed by atoms with Gasteiger partial charge in [0.25, 0.3) is 0 Å². The van der Waals surface area contributed by atoms with Gasteiger partial charge in [-0.3, -0.25) is 0 Å². The van der Waals surface area contributed by atoms with E-state index in [2.05, 4.69) is 240 Å². The molecule has 0 fully saturated rings. The Morgan fingerprint density at radius 3 is 1.23 bits per heavy atom. The maximum absolute atomic E-state index is 2.40. The minimum absolute atomic E-state index is 1.09. The van der Waals surface area contributed by atoms with E-state index in [1.54, 1.807) is 0 Å². The number of nitrogens with zero attached hydrogens (tertiary/aromatic N) is 2. The second-order valence-electron chi connectivity index (χ2n) is 14.2. The van der Waals surface area contributed by atoms with Crippen LogP contribution in [0.2, 0.25) is 0 Å². The molecular formula is C54H38N2. The van der Waals surface area contributed by atoms with E-state index in [9.17, 15) is 0 Å². The smallest absolute Gasteiger partial charge is 0.0541 e. The van der Waals surface area contributed by atoms with Gasteiger partial charge in [-0.2, -0.15) is 0 Å². The molecule has 0 unspecified atom stereocenters. The Balaban J connectivity index is 1.14. The number of aromatic nitrogens is 1. The molecule has 1 heterocycles. The zero-order valence-electron chi connectivity index (χ0n) is 30.8. The summed E-state index contributed by atoms with van der Waals surface area (Å²) < 4.78 is 2.40. The second-order valence-corrected chi connectivity index (χ2v) is 14.2. The fourth-order valence-electron chi connectivity index (χ4n) is 8.11. The second kappa shape index (κ2) is 14.4. The van der Waals surface area contributed by atoms with E-state index < -0.39 is 0 Å². The molecule has 0 radical (unpaired) electrons. The summed E-state index contributed by atoms with van der Waals surface area (Å²) in [6.45, 7) is 0. The molecule has 0 saturated carbocycles. The van der Waals surface area contributed by atoms with Crippen LogP contribution >= 0.6 is 0 Å². The van der Waals surface area contributed by atoms with Crippen LogP contribution in [-0.2, 0) is 0 Å². The lowest BCUT2D eigenvalue weighted by atomic mass is 9.93. The van der Waals surface area contributed by atoms with E-state index in [-0.39, 0.29) is 0 Å². The maximum atomic E-state index is 2.40. The summed E-state index contributed by atoms with van der Waals surface area (Å²) in [5.74, 6) is 0. The van der Waals surface area contributed by atoms with Crippen LogP contribution in [0.1, 0.15) is 0 Å². The van der Waals surface area contributed by atoms with Gasteiger partial charge in [0.15, 0.2) is 0 Å². The van der Waals surface area contributed by atoms with Gasteiger partial charge in [0, 0.05) is 33.5 Å². The van der Waals surface area contributed by atoms with Gasteiger partial charge >= 0.3 is 0 Å². The van der Waals surface area contributed by atoms with Crippen LogP contribution in [0, 0.1) is 0 Å². The van der Waals surface area contributed by atoms with Gasteiger partial charge in [-0.05, 0) is 105 Å². The molecule has 0 spiro atoms. The predicted octanol–water partition coefficient (Wildman–Crippen LogP) is 14.9. The highest BCUT2D eigenvalue weighted by molar-refractivity contribution is 6.09. The van der Waals surface area contributed by atoms with Gasteiger partial charge < -0.3 is 9.47 Å². The number of hydrogen-bond acceptors (Lipinski definition) is 1. The summed E-state index contributed by atoms with van der Waals surface area (Å²) in [6, 6.07) is 83.1. The number of rotatable bonds is 8. The Hall–Kier alpha value is -7.42. The van der Waals surface area contributed by atoms with E-state index in [4.69, 9.17) is 0 Å². The largest absolute Gasteiger partial charge is 0.310 e. The van der Waals surface area contributed by atoms with Crippen LogP contribution in [0.15, 0.2) is 231 Å². The Morgan fingerprint density at radius 2 is 0.696 bits per heavy atom. The van der Waals surface area contributed by atoms with Crippen molar-refractivity contribution in [2.24, 2.45) is 0 Å². The van der Waals surface area contributed by atoms with Crippen molar-refractivity contribution in [1.29, 1.82) is 0 Å². The predicted molar refractivity (Wildman–Crippen MR) is 237 cm³/mol. The molecule has 0 aliphatic rings. The third kappa shape index (κ3) is 6.14. The van der Waals surface area contributed by atoms with E-state index in [0.717, 1.165) is 28.3 Å². The SMILES string of the molecule is c1ccc(-c2ccc(N(c3ccc(-c4ccccc4)cc3)c3ccc(-c4ccccc4)c(-c4cccc(-n5c6ccccc6c6ccccc65)c4)c3)cc2)cc1. The van der Waals surface area contributed by atoms with E-state index in [1.807, 2.05) is 0 Å². The van der Waals surface area contributed by atoms with Gasteiger partial charge in [0.1, 0.15) is 0 Å². The van der Waals surface area contributed by atoms with Crippen molar-refractivity contribution in [3.8, 4) is 50.2 Å². The van der Waals surface area contributed by atoms with Gasteiger partial charge in [-0.25, -0.2) is 0 Å². The first kappa shape index (κ1) is 33.2. The zero-order chi connectivity index (χ0) is 37.3. The van der Waals surface area contributed by atoms with Crippen molar-refractivity contribution < 1.29 is 0 Å². The molecule has 10 rings (SSSR count). The van der Waals surface area contributed by atoms with Crippen molar-refractivity contribution in [3.05, 3.63) is 231 Å². The van der Waals surface area contributed by atoms with E-state index in [0.29, 0.717) is 0 Å². The summed E-state index contributed by atoms with van der Waals surface area (Å²) in [5, 5.41) is 2.51. The lowest BCUT2D eigenvalue weighted by molar-refractivity contribution is 1.18. The molecule has 0 saturated heterocycles. The summed E-state index contributed by atoms with van der Waals surface area (Å²) in [5.41, 5.74) is 16.3. The van der Waals surface area contributed by atoms with Crippen molar-refractivity contribution in [2.75, 3.05) is 4.90 Å². The fraction of sp³-hybridized carbons (Fsp3) is 0. The molecule has 0 amide bonds. The molecule has 10 aromatic rings. The molecule has 0 aliphatic carbocycles. The van der Waals surface area contributed by atoms with Gasteiger partial charge in [0.2, 0.25) is 0 Å². The van der Waals surface area contributed by atoms with Gasteiger partial charge in [0.05, 0.1) is 11.0 Å². The molecule has 0 bridgehead atoms. The number of anilines is 3. The molecular weight excluding hydrogens is 677 g/mol. The molecule has 1 aromatic heterocycles. The maximum Gasteiger partial charge on any atom is 0.0541 e. The zero-order valence-corrected chi connectivity index (χ0v) is 30.8. The molecule has 0 aliphatic heterocycles. The van der Waals surface area contributed by atoms with E-state index >= 15 is 0 Å². The van der Waals surface area contributed by atoms with Crippen molar-refractivity contribution in [1.82, 2.24) is 4.57 Å². The molecule has 9 aromatic carbocycles. The monoisotopic (exact) mass is 714 g/mol. The van der Waals surface area contributed by atoms with Crippen LogP contribution in [0.3, 0.4) is 0 Å². The van der Waals surface area contributed by atoms with Gasteiger partial charge in [-0.1, -0.05) is 170 Å². The van der Waals surface area contributed by atoms with Crippen molar-refractivity contribution in [3.63, 3.8) is 0 Å². The minimum atomic E-state index is 1.09. The first-order chi connectivity index (χ1) is 27.8. The lowest BCUT2D eigenvalue weighted by Gasteiger charge is -2.27. The molecule has 0 N–H and O–H groups in total. The number of para-hydroxylation sites is 2. The highest BCUT2D eigenvalue weighted by Gasteiger charge is 2.18.